The molecule has 0 aliphatic carbocycles. The Hall–Kier alpha value is -1.34. The maximum Gasteiger partial charge on any atom is 0.312 e. The second-order valence-corrected chi connectivity index (χ2v) is 3.88. The molecule has 0 aromatic rings. The summed E-state index contributed by atoms with van der Waals surface area (Å²) >= 11 is 0. The molecule has 106 valence electrons. The predicted octanol–water partition coefficient (Wildman–Crippen LogP) is -0.824. The van der Waals surface area contributed by atoms with Gasteiger partial charge in [0.1, 0.15) is 6.04 Å². The summed E-state index contributed by atoms with van der Waals surface area (Å²) in [6.45, 7) is 4.48. The van der Waals surface area contributed by atoms with Crippen LogP contribution in [-0.2, 0) is 9.53 Å². The number of methoxy groups -OCH3 is 1. The maximum absolute atomic E-state index is 11.7. The molecule has 1 atom stereocenters. The van der Waals surface area contributed by atoms with Crippen molar-refractivity contribution in [3.05, 3.63) is 0 Å². The normalized spacial score (nSPS) is 11.9. The van der Waals surface area contributed by atoms with Gasteiger partial charge in [0, 0.05) is 26.7 Å². The number of carbonyl (C=O) groups excluding carboxylic acids is 2. The van der Waals surface area contributed by atoms with Gasteiger partial charge in [-0.3, -0.25) is 4.79 Å². The zero-order valence-corrected chi connectivity index (χ0v) is 11.1. The Bertz CT molecular complexity index is 248. The van der Waals surface area contributed by atoms with Gasteiger partial charge in [-0.15, -0.1) is 0 Å². The highest BCUT2D eigenvalue weighted by Gasteiger charge is 2.17. The lowest BCUT2D eigenvalue weighted by Gasteiger charge is -2.16. The molecule has 7 nitrogen and oxygen atoms in total. The number of carbonyl (C=O) groups is 2. The van der Waals surface area contributed by atoms with Crippen LogP contribution in [0.1, 0.15) is 19.8 Å². The third-order valence-electron chi connectivity index (χ3n) is 2.29. The molecule has 0 aromatic heterocycles. The Morgan fingerprint density at radius 3 is 2.56 bits per heavy atom. The molecule has 0 saturated heterocycles. The van der Waals surface area contributed by atoms with Crippen molar-refractivity contribution in [2.24, 2.45) is 5.73 Å². The number of ether oxygens (including phenoxy) is 1. The van der Waals surface area contributed by atoms with Crippen LogP contribution in [0.2, 0.25) is 0 Å². The summed E-state index contributed by atoms with van der Waals surface area (Å²) in [6, 6.07) is -1.23. The number of nitrogens with two attached hydrogens (primary N) is 1. The summed E-state index contributed by atoms with van der Waals surface area (Å²) in [4.78, 5) is 22.5. The first-order chi connectivity index (χ1) is 8.61. The molecule has 0 aliphatic heterocycles. The van der Waals surface area contributed by atoms with E-state index in [1.165, 1.54) is 0 Å². The number of rotatable bonds is 10. The van der Waals surface area contributed by atoms with Crippen molar-refractivity contribution in [1.82, 2.24) is 16.0 Å². The fraction of sp³-hybridized carbons (Fsp3) is 0.818. The second kappa shape index (κ2) is 10.8. The van der Waals surface area contributed by atoms with Crippen LogP contribution in [0.3, 0.4) is 0 Å². The minimum Gasteiger partial charge on any atom is -0.383 e. The number of urea groups is 1. The molecule has 0 rings (SSSR count). The molecular formula is C11H24N4O3. The molecule has 0 heterocycles. The molecule has 0 spiro atoms. The minimum atomic E-state index is -0.679. The van der Waals surface area contributed by atoms with E-state index in [0.29, 0.717) is 26.1 Å². The highest BCUT2D eigenvalue weighted by Crippen LogP contribution is 1.96. The average Bonchev–Trinajstić information content (AvgIpc) is 2.32. The van der Waals surface area contributed by atoms with Crippen molar-refractivity contribution in [3.63, 3.8) is 0 Å². The van der Waals surface area contributed by atoms with Crippen LogP contribution in [-0.4, -0.2) is 51.3 Å². The van der Waals surface area contributed by atoms with E-state index in [1.54, 1.807) is 7.11 Å². The van der Waals surface area contributed by atoms with E-state index < -0.39 is 12.1 Å². The summed E-state index contributed by atoms with van der Waals surface area (Å²) in [5, 5.41) is 8.27. The van der Waals surface area contributed by atoms with Crippen molar-refractivity contribution in [3.8, 4) is 0 Å². The second-order valence-electron chi connectivity index (χ2n) is 3.88. The number of nitrogens with one attached hydrogen (secondary N) is 3. The zero-order valence-electron chi connectivity index (χ0n) is 11.1. The first kappa shape index (κ1) is 16.7. The summed E-state index contributed by atoms with van der Waals surface area (Å²) in [7, 11) is 1.63. The van der Waals surface area contributed by atoms with E-state index >= 15 is 0 Å². The van der Waals surface area contributed by atoms with Crippen LogP contribution in [0.4, 0.5) is 4.79 Å². The minimum absolute atomic E-state index is 0.204. The fourth-order valence-corrected chi connectivity index (χ4v) is 1.43. The van der Waals surface area contributed by atoms with Gasteiger partial charge in [0.15, 0.2) is 0 Å². The van der Waals surface area contributed by atoms with Gasteiger partial charge in [0.2, 0.25) is 5.91 Å². The SMILES string of the molecule is CCC[C@@H](NC(N)=O)C(=O)NCCNCCOC. The highest BCUT2D eigenvalue weighted by molar-refractivity contribution is 5.86. The molecule has 7 heteroatoms. The number of hydrogen-bond donors (Lipinski definition) is 4. The maximum atomic E-state index is 11.7. The van der Waals surface area contributed by atoms with Gasteiger partial charge in [0.05, 0.1) is 6.61 Å². The predicted molar refractivity (Wildman–Crippen MR) is 69.2 cm³/mol. The van der Waals surface area contributed by atoms with E-state index in [4.69, 9.17) is 10.5 Å². The Kier molecular flexibility index (Phi) is 9.99. The molecule has 18 heavy (non-hydrogen) atoms. The van der Waals surface area contributed by atoms with Gasteiger partial charge < -0.3 is 26.4 Å². The van der Waals surface area contributed by atoms with Crippen LogP contribution < -0.4 is 21.7 Å². The van der Waals surface area contributed by atoms with E-state index in [0.717, 1.165) is 13.0 Å². The van der Waals surface area contributed by atoms with Gasteiger partial charge in [-0.1, -0.05) is 13.3 Å². The first-order valence-corrected chi connectivity index (χ1v) is 6.15. The topological polar surface area (TPSA) is 105 Å². The molecule has 0 aliphatic rings. The van der Waals surface area contributed by atoms with Gasteiger partial charge in [-0.2, -0.15) is 0 Å². The lowest BCUT2D eigenvalue weighted by atomic mass is 10.1. The Labute approximate surface area is 108 Å². The van der Waals surface area contributed by atoms with Gasteiger partial charge in [-0.25, -0.2) is 4.79 Å². The molecule has 0 aromatic carbocycles. The van der Waals surface area contributed by atoms with Crippen LogP contribution in [0.25, 0.3) is 0 Å². The third-order valence-corrected chi connectivity index (χ3v) is 2.29. The third kappa shape index (κ3) is 8.77. The van der Waals surface area contributed by atoms with Crippen molar-refractivity contribution in [1.29, 1.82) is 0 Å². The molecule has 0 bridgehead atoms. The molecule has 0 saturated carbocycles. The number of amides is 3. The van der Waals surface area contributed by atoms with Gasteiger partial charge in [0.25, 0.3) is 0 Å². The standard InChI is InChI=1S/C11H24N4O3/c1-3-4-9(15-11(12)17)10(16)14-6-5-13-7-8-18-2/h9,13H,3-8H2,1-2H3,(H,14,16)(H3,12,15,17)/t9-/m1/s1. The van der Waals surface area contributed by atoms with Crippen LogP contribution in [0, 0.1) is 0 Å². The van der Waals surface area contributed by atoms with Crippen LogP contribution in [0.15, 0.2) is 0 Å². The number of hydrogen-bond acceptors (Lipinski definition) is 4. The lowest BCUT2D eigenvalue weighted by molar-refractivity contribution is -0.123. The molecule has 3 amide bonds. The van der Waals surface area contributed by atoms with E-state index in [1.807, 2.05) is 6.92 Å². The zero-order chi connectivity index (χ0) is 13.8. The molecular weight excluding hydrogens is 236 g/mol. The van der Waals surface area contributed by atoms with E-state index in [9.17, 15) is 9.59 Å². The van der Waals surface area contributed by atoms with Crippen molar-refractivity contribution >= 4 is 11.9 Å². The quantitative estimate of drug-likeness (QED) is 0.385. The van der Waals surface area contributed by atoms with Gasteiger partial charge in [-0.05, 0) is 6.42 Å². The van der Waals surface area contributed by atoms with Crippen LogP contribution in [0.5, 0.6) is 0 Å². The smallest absolute Gasteiger partial charge is 0.312 e. The van der Waals surface area contributed by atoms with Crippen molar-refractivity contribution in [2.75, 3.05) is 33.4 Å². The number of primary amides is 1. The van der Waals surface area contributed by atoms with E-state index in [2.05, 4.69) is 16.0 Å². The van der Waals surface area contributed by atoms with Gasteiger partial charge >= 0.3 is 6.03 Å². The van der Waals surface area contributed by atoms with Crippen molar-refractivity contribution in [2.45, 2.75) is 25.8 Å². The fourth-order valence-electron chi connectivity index (χ4n) is 1.43. The summed E-state index contributed by atoms with van der Waals surface area (Å²) in [5.41, 5.74) is 5.01. The summed E-state index contributed by atoms with van der Waals surface area (Å²) < 4.78 is 4.87. The largest absolute Gasteiger partial charge is 0.383 e. The average molecular weight is 260 g/mol. The monoisotopic (exact) mass is 260 g/mol. The molecule has 0 radical (unpaired) electrons. The van der Waals surface area contributed by atoms with Crippen LogP contribution >= 0.6 is 0 Å². The molecule has 5 N–H and O–H groups in total. The Morgan fingerprint density at radius 2 is 2.00 bits per heavy atom. The Balaban J connectivity index is 3.77. The van der Waals surface area contributed by atoms with Crippen molar-refractivity contribution < 1.29 is 14.3 Å². The summed E-state index contributed by atoms with van der Waals surface area (Å²) in [5.74, 6) is -0.204. The first-order valence-electron chi connectivity index (χ1n) is 6.15. The molecule has 0 fully saturated rings. The summed E-state index contributed by atoms with van der Waals surface area (Å²) in [6.07, 6.45) is 1.37. The Morgan fingerprint density at radius 1 is 1.28 bits per heavy atom. The van der Waals surface area contributed by atoms with E-state index in [-0.39, 0.29) is 5.91 Å². The highest BCUT2D eigenvalue weighted by atomic mass is 16.5. The molecule has 0 unspecified atom stereocenters. The lowest BCUT2D eigenvalue weighted by Crippen LogP contribution is -2.49.